The molecule has 8 heteroatoms. The number of aromatic nitrogens is 3. The van der Waals surface area contributed by atoms with E-state index in [0.717, 1.165) is 27.0 Å². The number of allylic oxidation sites excluding steroid dienone is 1. The largest absolute Gasteiger partial charge is 0.485 e. The first kappa shape index (κ1) is 25.1. The summed E-state index contributed by atoms with van der Waals surface area (Å²) in [6.45, 7) is 13.0. The summed E-state index contributed by atoms with van der Waals surface area (Å²) >= 11 is 4.87. The Labute approximate surface area is 208 Å². The predicted octanol–water partition coefficient (Wildman–Crippen LogP) is 6.28. The molecule has 3 aromatic rings. The van der Waals surface area contributed by atoms with Gasteiger partial charge in [-0.3, -0.25) is 9.36 Å². The van der Waals surface area contributed by atoms with E-state index in [2.05, 4.69) is 57.9 Å². The van der Waals surface area contributed by atoms with Gasteiger partial charge in [-0.1, -0.05) is 53.7 Å². The quantitative estimate of drug-likeness (QED) is 0.247. The highest BCUT2D eigenvalue weighted by Gasteiger charge is 2.16. The summed E-state index contributed by atoms with van der Waals surface area (Å²) in [6.07, 6.45) is 1.78. The standard InChI is InChI=1S/C25H29BrN4O2S/c1-6-11-30-23(14-32-22-10-8-19(26)13-21(22)16(2)3)28-29-25(30)33-15-24(31)27-20-9-7-17(4)18(5)12-20/h6-10,12-13,16H,1,11,14-15H2,2-5H3,(H,27,31). The molecule has 0 saturated heterocycles. The number of amides is 1. The minimum absolute atomic E-state index is 0.0920. The van der Waals surface area contributed by atoms with Gasteiger partial charge in [0.1, 0.15) is 12.4 Å². The van der Waals surface area contributed by atoms with E-state index in [9.17, 15) is 4.79 Å². The average molecular weight is 530 g/mol. The smallest absolute Gasteiger partial charge is 0.234 e. The number of halogens is 1. The Bertz CT molecular complexity index is 1140. The summed E-state index contributed by atoms with van der Waals surface area (Å²) in [6, 6.07) is 11.9. The third-order valence-electron chi connectivity index (χ3n) is 5.18. The molecule has 33 heavy (non-hydrogen) atoms. The zero-order chi connectivity index (χ0) is 24.0. The van der Waals surface area contributed by atoms with E-state index >= 15 is 0 Å². The second kappa shape index (κ2) is 11.5. The molecular formula is C25H29BrN4O2S. The first-order valence-corrected chi connectivity index (χ1v) is 12.5. The molecule has 174 valence electrons. The third kappa shape index (κ3) is 6.71. The molecule has 0 aliphatic carbocycles. The third-order valence-corrected chi connectivity index (χ3v) is 6.64. The predicted molar refractivity (Wildman–Crippen MR) is 138 cm³/mol. The zero-order valence-electron chi connectivity index (χ0n) is 19.4. The van der Waals surface area contributed by atoms with Crippen molar-refractivity contribution in [2.24, 2.45) is 0 Å². The van der Waals surface area contributed by atoms with Crippen molar-refractivity contribution in [3.63, 3.8) is 0 Å². The van der Waals surface area contributed by atoms with E-state index in [1.807, 2.05) is 48.7 Å². The molecule has 1 heterocycles. The molecule has 1 N–H and O–H groups in total. The number of carbonyl (C=O) groups is 1. The molecule has 6 nitrogen and oxygen atoms in total. The van der Waals surface area contributed by atoms with Gasteiger partial charge in [0, 0.05) is 16.7 Å². The fraction of sp³-hybridized carbons (Fsp3) is 0.320. The van der Waals surface area contributed by atoms with Crippen LogP contribution in [0, 0.1) is 13.8 Å². The van der Waals surface area contributed by atoms with E-state index < -0.39 is 0 Å². The van der Waals surface area contributed by atoms with E-state index in [1.165, 1.54) is 17.3 Å². The Hall–Kier alpha value is -2.58. The van der Waals surface area contributed by atoms with Crippen molar-refractivity contribution in [3.05, 3.63) is 76.0 Å². The van der Waals surface area contributed by atoms with Crippen LogP contribution in [0.25, 0.3) is 0 Å². The van der Waals surface area contributed by atoms with Crippen LogP contribution in [0.2, 0.25) is 0 Å². The van der Waals surface area contributed by atoms with E-state index in [0.29, 0.717) is 23.4 Å². The van der Waals surface area contributed by atoms with E-state index in [1.54, 1.807) is 6.08 Å². The van der Waals surface area contributed by atoms with Crippen molar-refractivity contribution in [1.82, 2.24) is 14.8 Å². The summed E-state index contributed by atoms with van der Waals surface area (Å²) in [4.78, 5) is 12.5. The van der Waals surface area contributed by atoms with Crippen LogP contribution in [0.1, 0.15) is 42.3 Å². The van der Waals surface area contributed by atoms with Crippen LogP contribution in [-0.2, 0) is 17.9 Å². The van der Waals surface area contributed by atoms with Crippen molar-refractivity contribution >= 4 is 39.3 Å². The summed E-state index contributed by atoms with van der Waals surface area (Å²) < 4.78 is 9.04. The normalized spacial score (nSPS) is 11.0. The number of benzene rings is 2. The van der Waals surface area contributed by atoms with E-state index in [-0.39, 0.29) is 18.3 Å². The molecule has 0 aliphatic heterocycles. The van der Waals surface area contributed by atoms with Gasteiger partial charge in [0.2, 0.25) is 5.91 Å². The van der Waals surface area contributed by atoms with Crippen LogP contribution >= 0.6 is 27.7 Å². The molecule has 0 bridgehead atoms. The van der Waals surface area contributed by atoms with Crippen LogP contribution < -0.4 is 10.1 Å². The fourth-order valence-electron chi connectivity index (χ4n) is 3.24. The maximum Gasteiger partial charge on any atom is 0.234 e. The van der Waals surface area contributed by atoms with Crippen LogP contribution in [0.3, 0.4) is 0 Å². The number of carbonyl (C=O) groups excluding carboxylic acids is 1. The topological polar surface area (TPSA) is 69.0 Å². The first-order valence-electron chi connectivity index (χ1n) is 10.7. The molecule has 1 amide bonds. The number of nitrogens with zero attached hydrogens (tertiary/aromatic N) is 3. The highest BCUT2D eigenvalue weighted by atomic mass is 79.9. The molecule has 0 saturated carbocycles. The molecular weight excluding hydrogens is 500 g/mol. The lowest BCUT2D eigenvalue weighted by Crippen LogP contribution is -2.15. The minimum atomic E-state index is -0.0920. The number of anilines is 1. The van der Waals surface area contributed by atoms with E-state index in [4.69, 9.17) is 4.74 Å². The lowest BCUT2D eigenvalue weighted by Gasteiger charge is -2.15. The molecule has 0 spiro atoms. The number of ether oxygens (including phenoxy) is 1. The van der Waals surface area contributed by atoms with Crippen molar-refractivity contribution < 1.29 is 9.53 Å². The fourth-order valence-corrected chi connectivity index (χ4v) is 4.38. The van der Waals surface area contributed by atoms with Crippen molar-refractivity contribution in [2.75, 3.05) is 11.1 Å². The summed E-state index contributed by atoms with van der Waals surface area (Å²) in [5.41, 5.74) is 4.25. The van der Waals surface area contributed by atoms with Crippen molar-refractivity contribution in [2.45, 2.75) is 51.9 Å². The van der Waals surface area contributed by atoms with Crippen molar-refractivity contribution in [1.29, 1.82) is 0 Å². The average Bonchev–Trinajstić information content (AvgIpc) is 3.15. The van der Waals surface area contributed by atoms with Crippen LogP contribution in [-0.4, -0.2) is 26.4 Å². The molecule has 1 aromatic heterocycles. The minimum Gasteiger partial charge on any atom is -0.485 e. The Morgan fingerprint density at radius 1 is 1.21 bits per heavy atom. The maximum absolute atomic E-state index is 12.5. The number of rotatable bonds is 10. The first-order chi connectivity index (χ1) is 15.8. The van der Waals surface area contributed by atoms with Gasteiger partial charge in [0.05, 0.1) is 5.75 Å². The highest BCUT2D eigenvalue weighted by molar-refractivity contribution is 9.10. The van der Waals surface area contributed by atoms with Gasteiger partial charge >= 0.3 is 0 Å². The Morgan fingerprint density at radius 2 is 2.00 bits per heavy atom. The second-order valence-corrected chi connectivity index (χ2v) is 9.92. The maximum atomic E-state index is 12.5. The molecule has 0 aliphatic rings. The Balaban J connectivity index is 1.66. The monoisotopic (exact) mass is 528 g/mol. The molecule has 3 rings (SSSR count). The molecule has 0 unspecified atom stereocenters. The molecule has 0 radical (unpaired) electrons. The molecule has 2 aromatic carbocycles. The number of hydrogen-bond acceptors (Lipinski definition) is 5. The summed E-state index contributed by atoms with van der Waals surface area (Å²) in [5, 5.41) is 12.2. The number of aryl methyl sites for hydroxylation is 2. The van der Waals surface area contributed by atoms with Gasteiger partial charge in [0.15, 0.2) is 11.0 Å². The molecule has 0 atom stereocenters. The van der Waals surface area contributed by atoms with Gasteiger partial charge in [-0.25, -0.2) is 0 Å². The summed E-state index contributed by atoms with van der Waals surface area (Å²) in [7, 11) is 0. The van der Waals surface area contributed by atoms with Crippen LogP contribution in [0.5, 0.6) is 5.75 Å². The van der Waals surface area contributed by atoms with Gasteiger partial charge in [-0.05, 0) is 66.8 Å². The zero-order valence-corrected chi connectivity index (χ0v) is 21.8. The number of nitrogens with one attached hydrogen (secondary N) is 1. The van der Waals surface area contributed by atoms with Gasteiger partial charge < -0.3 is 10.1 Å². The van der Waals surface area contributed by atoms with Gasteiger partial charge in [0.25, 0.3) is 0 Å². The second-order valence-electron chi connectivity index (χ2n) is 8.06. The van der Waals surface area contributed by atoms with Crippen molar-refractivity contribution in [3.8, 4) is 5.75 Å². The summed E-state index contributed by atoms with van der Waals surface area (Å²) in [5.74, 6) is 1.97. The van der Waals surface area contributed by atoms with Gasteiger partial charge in [-0.2, -0.15) is 0 Å². The lowest BCUT2D eigenvalue weighted by molar-refractivity contribution is -0.113. The molecule has 0 fully saturated rings. The SMILES string of the molecule is C=CCn1c(COc2ccc(Br)cc2C(C)C)nnc1SCC(=O)Nc1ccc(C)c(C)c1. The Morgan fingerprint density at radius 3 is 2.70 bits per heavy atom. The number of thioether (sulfide) groups is 1. The van der Waals surface area contributed by atoms with Gasteiger partial charge in [-0.15, -0.1) is 16.8 Å². The Kier molecular flexibility index (Phi) is 8.74. The number of hydrogen-bond donors (Lipinski definition) is 1. The van der Waals surface area contributed by atoms with Crippen LogP contribution in [0.4, 0.5) is 5.69 Å². The van der Waals surface area contributed by atoms with Crippen LogP contribution in [0.15, 0.2) is 58.7 Å². The highest BCUT2D eigenvalue weighted by Crippen LogP contribution is 2.30. The lowest BCUT2D eigenvalue weighted by atomic mass is 10.0.